The highest BCUT2D eigenvalue weighted by atomic mass is 35.5. The highest BCUT2D eigenvalue weighted by molar-refractivity contribution is 6.30. The van der Waals surface area contributed by atoms with E-state index < -0.39 is 11.9 Å². The Morgan fingerprint density at radius 3 is 2.47 bits per heavy atom. The molecule has 0 aliphatic carbocycles. The summed E-state index contributed by atoms with van der Waals surface area (Å²) in [6.45, 7) is 2.54. The molecule has 1 N–H and O–H groups in total. The minimum Gasteiger partial charge on any atom is -0.481 e. The number of carbonyl (C=O) groups is 2. The molecule has 1 heterocycles. The van der Waals surface area contributed by atoms with E-state index in [1.54, 1.807) is 24.0 Å². The fourth-order valence-corrected chi connectivity index (χ4v) is 2.66. The molecule has 0 saturated carbocycles. The predicted molar refractivity (Wildman–Crippen MR) is 72.2 cm³/mol. The van der Waals surface area contributed by atoms with Gasteiger partial charge in [0.05, 0.1) is 5.92 Å². The van der Waals surface area contributed by atoms with E-state index >= 15 is 0 Å². The third-order valence-electron chi connectivity index (χ3n) is 3.59. The van der Waals surface area contributed by atoms with E-state index in [2.05, 4.69) is 0 Å². The number of benzene rings is 1. The topological polar surface area (TPSA) is 57.6 Å². The molecule has 1 saturated heterocycles. The maximum Gasteiger partial charge on any atom is 0.308 e. The monoisotopic (exact) mass is 281 g/mol. The lowest BCUT2D eigenvalue weighted by molar-refractivity contribution is -0.141. The Balaban J connectivity index is 2.24. The Morgan fingerprint density at radius 2 is 1.95 bits per heavy atom. The van der Waals surface area contributed by atoms with Crippen LogP contribution < -0.4 is 0 Å². The molecule has 1 aromatic carbocycles. The summed E-state index contributed by atoms with van der Waals surface area (Å²) in [5.74, 6) is -1.56. The molecule has 0 unspecified atom stereocenters. The smallest absolute Gasteiger partial charge is 0.308 e. The van der Waals surface area contributed by atoms with Gasteiger partial charge in [-0.3, -0.25) is 9.59 Å². The summed E-state index contributed by atoms with van der Waals surface area (Å²) in [6, 6.07) is 7.17. The molecule has 0 spiro atoms. The zero-order valence-electron chi connectivity index (χ0n) is 10.7. The van der Waals surface area contributed by atoms with Crippen molar-refractivity contribution in [2.75, 3.05) is 13.1 Å². The van der Waals surface area contributed by atoms with Gasteiger partial charge < -0.3 is 10.0 Å². The third kappa shape index (κ3) is 2.89. The van der Waals surface area contributed by atoms with Gasteiger partial charge in [0.2, 0.25) is 5.91 Å². The molecule has 2 atom stereocenters. The Labute approximate surface area is 117 Å². The van der Waals surface area contributed by atoms with Crippen molar-refractivity contribution in [1.82, 2.24) is 4.90 Å². The number of aliphatic carboxylic acids is 1. The van der Waals surface area contributed by atoms with Crippen LogP contribution in [0.5, 0.6) is 0 Å². The highest BCUT2D eigenvalue weighted by Gasteiger charge is 2.39. The van der Waals surface area contributed by atoms with E-state index in [1.165, 1.54) is 0 Å². The van der Waals surface area contributed by atoms with Crippen molar-refractivity contribution < 1.29 is 14.7 Å². The molecule has 102 valence electrons. The van der Waals surface area contributed by atoms with Crippen LogP contribution in [0.1, 0.15) is 24.8 Å². The van der Waals surface area contributed by atoms with Crippen LogP contribution in [0.3, 0.4) is 0 Å². The summed E-state index contributed by atoms with van der Waals surface area (Å²) >= 11 is 5.84. The van der Waals surface area contributed by atoms with Gasteiger partial charge in [0.15, 0.2) is 0 Å². The molecule has 1 fully saturated rings. The van der Waals surface area contributed by atoms with Crippen LogP contribution >= 0.6 is 11.6 Å². The van der Waals surface area contributed by atoms with Crippen LogP contribution in [-0.4, -0.2) is 35.0 Å². The molecule has 19 heavy (non-hydrogen) atoms. The number of likely N-dealkylation sites (tertiary alicyclic amines) is 1. The Morgan fingerprint density at radius 1 is 1.32 bits per heavy atom. The van der Waals surface area contributed by atoms with E-state index in [9.17, 15) is 14.7 Å². The minimum atomic E-state index is -0.855. The first-order valence-corrected chi connectivity index (χ1v) is 6.66. The first kappa shape index (κ1) is 13.9. The number of carbonyl (C=O) groups excluding carboxylic acids is 1. The van der Waals surface area contributed by atoms with Crippen LogP contribution in [0.4, 0.5) is 0 Å². The summed E-state index contributed by atoms with van der Waals surface area (Å²) in [5.41, 5.74) is 0.920. The van der Waals surface area contributed by atoms with Gasteiger partial charge in [-0.15, -0.1) is 0 Å². The lowest BCUT2D eigenvalue weighted by Crippen LogP contribution is -2.29. The predicted octanol–water partition coefficient (Wildman–Crippen LogP) is 2.38. The molecule has 1 aliphatic rings. The summed E-state index contributed by atoms with van der Waals surface area (Å²) < 4.78 is 0. The average Bonchev–Trinajstić information content (AvgIpc) is 2.84. The van der Waals surface area contributed by atoms with Gasteiger partial charge in [0.1, 0.15) is 0 Å². The number of carboxylic acids is 1. The van der Waals surface area contributed by atoms with Gasteiger partial charge in [-0.05, 0) is 17.7 Å². The van der Waals surface area contributed by atoms with E-state index in [0.717, 1.165) is 5.56 Å². The number of amides is 1. The van der Waals surface area contributed by atoms with Crippen LogP contribution in [0.25, 0.3) is 0 Å². The first-order valence-electron chi connectivity index (χ1n) is 6.29. The van der Waals surface area contributed by atoms with E-state index in [1.807, 2.05) is 12.1 Å². The number of rotatable bonds is 3. The first-order chi connectivity index (χ1) is 9.02. The van der Waals surface area contributed by atoms with Gasteiger partial charge >= 0.3 is 5.97 Å². The molecule has 1 amide bonds. The fourth-order valence-electron chi connectivity index (χ4n) is 2.53. The third-order valence-corrected chi connectivity index (χ3v) is 3.84. The SMILES string of the molecule is CCC(=O)N1C[C@H](C(=O)O)[C@@H](c2ccc(Cl)cc2)C1. The van der Waals surface area contributed by atoms with Crippen molar-refractivity contribution in [1.29, 1.82) is 0 Å². The van der Waals surface area contributed by atoms with E-state index in [0.29, 0.717) is 18.0 Å². The molecule has 1 aliphatic heterocycles. The average molecular weight is 282 g/mol. The van der Waals surface area contributed by atoms with Crippen LogP contribution in [0.2, 0.25) is 5.02 Å². The molecule has 0 aromatic heterocycles. The van der Waals surface area contributed by atoms with Crippen LogP contribution in [-0.2, 0) is 9.59 Å². The van der Waals surface area contributed by atoms with Gasteiger partial charge in [-0.1, -0.05) is 30.7 Å². The lowest BCUT2D eigenvalue weighted by atomic mass is 9.89. The molecular weight excluding hydrogens is 266 g/mol. The lowest BCUT2D eigenvalue weighted by Gasteiger charge is -2.15. The molecule has 0 bridgehead atoms. The van der Waals surface area contributed by atoms with Crippen molar-refractivity contribution >= 4 is 23.5 Å². The standard InChI is InChI=1S/C14H16ClNO3/c1-2-13(17)16-7-11(12(8-16)14(18)19)9-3-5-10(15)6-4-9/h3-6,11-12H,2,7-8H2,1H3,(H,18,19)/t11-,12+/m1/s1. The van der Waals surface area contributed by atoms with Crippen LogP contribution in [0.15, 0.2) is 24.3 Å². The van der Waals surface area contributed by atoms with Crippen molar-refractivity contribution in [2.24, 2.45) is 5.92 Å². The molecular formula is C14H16ClNO3. The van der Waals surface area contributed by atoms with E-state index in [4.69, 9.17) is 11.6 Å². The van der Waals surface area contributed by atoms with Gasteiger partial charge in [-0.25, -0.2) is 0 Å². The van der Waals surface area contributed by atoms with Gasteiger partial charge in [-0.2, -0.15) is 0 Å². The zero-order chi connectivity index (χ0) is 14.0. The quantitative estimate of drug-likeness (QED) is 0.925. The maximum absolute atomic E-state index is 11.7. The summed E-state index contributed by atoms with van der Waals surface area (Å²) in [6.07, 6.45) is 0.402. The second kappa shape index (κ2) is 5.61. The fraction of sp³-hybridized carbons (Fsp3) is 0.429. The number of nitrogens with zero attached hydrogens (tertiary/aromatic N) is 1. The van der Waals surface area contributed by atoms with E-state index in [-0.39, 0.29) is 18.4 Å². The highest BCUT2D eigenvalue weighted by Crippen LogP contribution is 2.33. The van der Waals surface area contributed by atoms with Crippen molar-refractivity contribution in [3.8, 4) is 0 Å². The maximum atomic E-state index is 11.7. The number of carboxylic acid groups (broad SMARTS) is 1. The number of hydrogen-bond acceptors (Lipinski definition) is 2. The normalized spacial score (nSPS) is 22.5. The van der Waals surface area contributed by atoms with Crippen molar-refractivity contribution in [3.63, 3.8) is 0 Å². The summed E-state index contributed by atoms with van der Waals surface area (Å²) in [4.78, 5) is 24.7. The Bertz CT molecular complexity index is 486. The number of halogens is 1. The Hall–Kier alpha value is -1.55. The molecule has 0 radical (unpaired) electrons. The Kier molecular flexibility index (Phi) is 4.10. The summed E-state index contributed by atoms with van der Waals surface area (Å²) in [5, 5.41) is 9.93. The number of hydrogen-bond donors (Lipinski definition) is 1. The van der Waals surface area contributed by atoms with Gasteiger partial charge in [0, 0.05) is 30.5 Å². The van der Waals surface area contributed by atoms with Crippen molar-refractivity contribution in [3.05, 3.63) is 34.9 Å². The minimum absolute atomic E-state index is 0.00251. The van der Waals surface area contributed by atoms with Crippen molar-refractivity contribution in [2.45, 2.75) is 19.3 Å². The second-order valence-corrected chi connectivity index (χ2v) is 5.19. The molecule has 2 rings (SSSR count). The summed E-state index contributed by atoms with van der Waals surface area (Å²) in [7, 11) is 0. The van der Waals surface area contributed by atoms with Crippen LogP contribution in [0, 0.1) is 5.92 Å². The second-order valence-electron chi connectivity index (χ2n) is 4.76. The molecule has 4 nitrogen and oxygen atoms in total. The molecule has 5 heteroatoms. The zero-order valence-corrected chi connectivity index (χ0v) is 11.4. The van der Waals surface area contributed by atoms with Gasteiger partial charge in [0.25, 0.3) is 0 Å². The largest absolute Gasteiger partial charge is 0.481 e. The molecule has 1 aromatic rings.